The molecule has 1 heterocycles. The Morgan fingerprint density at radius 1 is 1.50 bits per heavy atom. The lowest BCUT2D eigenvalue weighted by Crippen LogP contribution is -2.26. The SMILES string of the molecule is C/C(=C/C(=O)O)CN1CCCOc2ccccc21. The van der Waals surface area contributed by atoms with E-state index < -0.39 is 5.97 Å². The Bertz CT molecular complexity index is 468. The summed E-state index contributed by atoms with van der Waals surface area (Å²) in [6, 6.07) is 7.87. The van der Waals surface area contributed by atoms with Gasteiger partial charge in [-0.05, 0) is 31.1 Å². The maximum atomic E-state index is 10.6. The molecule has 0 amide bonds. The van der Waals surface area contributed by atoms with E-state index in [1.807, 2.05) is 31.2 Å². The fraction of sp³-hybridized carbons (Fsp3) is 0.357. The number of para-hydroxylation sites is 2. The maximum Gasteiger partial charge on any atom is 0.328 e. The van der Waals surface area contributed by atoms with Crippen molar-refractivity contribution in [2.45, 2.75) is 13.3 Å². The van der Waals surface area contributed by atoms with Crippen LogP contribution in [0.1, 0.15) is 13.3 Å². The monoisotopic (exact) mass is 247 g/mol. The van der Waals surface area contributed by atoms with Gasteiger partial charge in [0.05, 0.1) is 12.3 Å². The van der Waals surface area contributed by atoms with E-state index in [-0.39, 0.29) is 0 Å². The Morgan fingerprint density at radius 2 is 2.28 bits per heavy atom. The number of fused-ring (bicyclic) bond motifs is 1. The largest absolute Gasteiger partial charge is 0.491 e. The summed E-state index contributed by atoms with van der Waals surface area (Å²) in [4.78, 5) is 12.8. The standard InChI is InChI=1S/C14H17NO3/c1-11(9-14(16)17)10-15-7-4-8-18-13-6-3-2-5-12(13)15/h2-3,5-6,9H,4,7-8,10H2,1H3,(H,16,17)/b11-9-. The van der Waals surface area contributed by atoms with Crippen molar-refractivity contribution in [3.05, 3.63) is 35.9 Å². The summed E-state index contributed by atoms with van der Waals surface area (Å²) >= 11 is 0. The molecular weight excluding hydrogens is 230 g/mol. The molecule has 4 heteroatoms. The molecule has 0 fully saturated rings. The Kier molecular flexibility index (Phi) is 3.87. The molecule has 18 heavy (non-hydrogen) atoms. The molecule has 2 rings (SSSR count). The normalized spacial score (nSPS) is 15.6. The van der Waals surface area contributed by atoms with Gasteiger partial charge in [-0.2, -0.15) is 0 Å². The Labute approximate surface area is 106 Å². The molecule has 1 aliphatic heterocycles. The molecule has 1 N–H and O–H groups in total. The van der Waals surface area contributed by atoms with E-state index in [0.29, 0.717) is 13.2 Å². The molecule has 0 atom stereocenters. The molecule has 0 bridgehead atoms. The molecule has 0 aromatic heterocycles. The van der Waals surface area contributed by atoms with E-state index >= 15 is 0 Å². The van der Waals surface area contributed by atoms with Gasteiger partial charge in [0.25, 0.3) is 0 Å². The van der Waals surface area contributed by atoms with Gasteiger partial charge in [0.1, 0.15) is 5.75 Å². The van der Waals surface area contributed by atoms with Crippen LogP contribution in [0, 0.1) is 0 Å². The second-order valence-corrected chi connectivity index (χ2v) is 4.42. The van der Waals surface area contributed by atoms with Crippen molar-refractivity contribution in [1.82, 2.24) is 0 Å². The van der Waals surface area contributed by atoms with Crippen molar-refractivity contribution in [3.63, 3.8) is 0 Å². The van der Waals surface area contributed by atoms with Crippen molar-refractivity contribution in [2.75, 3.05) is 24.6 Å². The summed E-state index contributed by atoms with van der Waals surface area (Å²) in [6.45, 7) is 4.03. The van der Waals surface area contributed by atoms with Crippen LogP contribution >= 0.6 is 0 Å². The van der Waals surface area contributed by atoms with Gasteiger partial charge in [0.2, 0.25) is 0 Å². The second-order valence-electron chi connectivity index (χ2n) is 4.42. The van der Waals surface area contributed by atoms with Gasteiger partial charge in [-0.15, -0.1) is 0 Å². The first-order chi connectivity index (χ1) is 8.66. The molecule has 96 valence electrons. The number of rotatable bonds is 3. The van der Waals surface area contributed by atoms with Crippen LogP contribution in [0.5, 0.6) is 5.75 Å². The van der Waals surface area contributed by atoms with Crippen LogP contribution in [0.4, 0.5) is 5.69 Å². The maximum absolute atomic E-state index is 10.6. The highest BCUT2D eigenvalue weighted by Gasteiger charge is 2.15. The fourth-order valence-electron chi connectivity index (χ4n) is 2.12. The Hall–Kier alpha value is -1.97. The number of carbonyl (C=O) groups is 1. The van der Waals surface area contributed by atoms with E-state index in [1.165, 1.54) is 6.08 Å². The van der Waals surface area contributed by atoms with Gasteiger partial charge in [-0.1, -0.05) is 12.1 Å². The highest BCUT2D eigenvalue weighted by Crippen LogP contribution is 2.30. The summed E-state index contributed by atoms with van der Waals surface area (Å²) in [5, 5.41) is 8.74. The number of aliphatic carboxylic acids is 1. The van der Waals surface area contributed by atoms with Crippen molar-refractivity contribution < 1.29 is 14.6 Å². The van der Waals surface area contributed by atoms with Crippen LogP contribution < -0.4 is 9.64 Å². The van der Waals surface area contributed by atoms with Crippen molar-refractivity contribution in [2.24, 2.45) is 0 Å². The van der Waals surface area contributed by atoms with Crippen molar-refractivity contribution in [3.8, 4) is 5.75 Å². The predicted octanol–water partition coefficient (Wildman–Crippen LogP) is 2.31. The zero-order valence-electron chi connectivity index (χ0n) is 10.4. The van der Waals surface area contributed by atoms with E-state index in [0.717, 1.165) is 30.0 Å². The smallest absolute Gasteiger partial charge is 0.328 e. The van der Waals surface area contributed by atoms with Gasteiger partial charge in [0, 0.05) is 19.2 Å². The number of carboxylic acid groups (broad SMARTS) is 1. The number of carboxylic acids is 1. The third-order valence-electron chi connectivity index (χ3n) is 2.85. The zero-order chi connectivity index (χ0) is 13.0. The van der Waals surface area contributed by atoms with Crippen LogP contribution in [0.2, 0.25) is 0 Å². The second kappa shape index (κ2) is 5.58. The lowest BCUT2D eigenvalue weighted by atomic mass is 10.2. The predicted molar refractivity (Wildman–Crippen MR) is 70.2 cm³/mol. The Balaban J connectivity index is 2.20. The van der Waals surface area contributed by atoms with Gasteiger partial charge < -0.3 is 14.7 Å². The lowest BCUT2D eigenvalue weighted by Gasteiger charge is -2.23. The van der Waals surface area contributed by atoms with Gasteiger partial charge in [-0.25, -0.2) is 4.79 Å². The molecule has 4 nitrogen and oxygen atoms in total. The topological polar surface area (TPSA) is 49.8 Å². The van der Waals surface area contributed by atoms with Gasteiger partial charge in [0.15, 0.2) is 0 Å². The van der Waals surface area contributed by atoms with Gasteiger partial charge >= 0.3 is 5.97 Å². The fourth-order valence-corrected chi connectivity index (χ4v) is 2.12. The molecule has 1 aromatic rings. The minimum Gasteiger partial charge on any atom is -0.491 e. The van der Waals surface area contributed by atoms with Crippen LogP contribution in [-0.2, 0) is 4.79 Å². The third-order valence-corrected chi connectivity index (χ3v) is 2.85. The number of hydrogen-bond acceptors (Lipinski definition) is 3. The lowest BCUT2D eigenvalue weighted by molar-refractivity contribution is -0.131. The molecule has 0 spiro atoms. The van der Waals surface area contributed by atoms with Crippen molar-refractivity contribution in [1.29, 1.82) is 0 Å². The molecule has 1 aliphatic rings. The number of ether oxygens (including phenoxy) is 1. The third kappa shape index (κ3) is 3.03. The van der Waals surface area contributed by atoms with E-state index in [2.05, 4.69) is 4.90 Å². The van der Waals surface area contributed by atoms with E-state index in [1.54, 1.807) is 0 Å². The summed E-state index contributed by atoms with van der Waals surface area (Å²) in [6.07, 6.45) is 2.20. The number of hydrogen-bond donors (Lipinski definition) is 1. The van der Waals surface area contributed by atoms with Crippen LogP contribution in [0.15, 0.2) is 35.9 Å². The summed E-state index contributed by atoms with van der Waals surface area (Å²) in [7, 11) is 0. The van der Waals surface area contributed by atoms with Crippen molar-refractivity contribution >= 4 is 11.7 Å². The molecular formula is C14H17NO3. The van der Waals surface area contributed by atoms with E-state index in [4.69, 9.17) is 9.84 Å². The highest BCUT2D eigenvalue weighted by molar-refractivity contribution is 5.80. The zero-order valence-corrected chi connectivity index (χ0v) is 10.4. The van der Waals surface area contributed by atoms with Crippen LogP contribution in [0.25, 0.3) is 0 Å². The molecule has 0 radical (unpaired) electrons. The average Bonchev–Trinajstić information content (AvgIpc) is 2.51. The Morgan fingerprint density at radius 3 is 3.06 bits per heavy atom. The summed E-state index contributed by atoms with van der Waals surface area (Å²) < 4.78 is 5.66. The first-order valence-electron chi connectivity index (χ1n) is 6.03. The van der Waals surface area contributed by atoms with Crippen LogP contribution in [0.3, 0.4) is 0 Å². The molecule has 0 aliphatic carbocycles. The van der Waals surface area contributed by atoms with Gasteiger partial charge in [-0.3, -0.25) is 0 Å². The number of anilines is 1. The molecule has 0 saturated heterocycles. The first-order valence-corrected chi connectivity index (χ1v) is 6.03. The van der Waals surface area contributed by atoms with Crippen LogP contribution in [-0.4, -0.2) is 30.8 Å². The summed E-state index contributed by atoms with van der Waals surface area (Å²) in [5.41, 5.74) is 1.87. The first kappa shape index (κ1) is 12.5. The highest BCUT2D eigenvalue weighted by atomic mass is 16.5. The van der Waals surface area contributed by atoms with E-state index in [9.17, 15) is 4.79 Å². The summed E-state index contributed by atoms with van der Waals surface area (Å²) in [5.74, 6) is -0.0232. The molecule has 0 saturated carbocycles. The minimum atomic E-state index is -0.896. The average molecular weight is 247 g/mol. The molecule has 0 unspecified atom stereocenters. The quantitative estimate of drug-likeness (QED) is 0.833. The molecule has 1 aromatic carbocycles. The minimum absolute atomic E-state index is 0.618. The number of nitrogens with zero attached hydrogens (tertiary/aromatic N) is 1. The number of benzene rings is 1.